The molecule has 1 aromatic rings. The Balaban J connectivity index is 2.98. The van der Waals surface area contributed by atoms with Gasteiger partial charge in [0.05, 0.1) is 6.54 Å². The Morgan fingerprint density at radius 2 is 2.21 bits per heavy atom. The van der Waals surface area contributed by atoms with Crippen molar-refractivity contribution in [1.82, 2.24) is 9.78 Å². The number of nitrogens with one attached hydrogen (secondary N) is 1. The van der Waals surface area contributed by atoms with E-state index in [2.05, 4.69) is 5.10 Å². The highest BCUT2D eigenvalue weighted by molar-refractivity contribution is 5.71. The molecule has 14 heavy (non-hydrogen) atoms. The molecule has 0 aromatic carbocycles. The average Bonchev–Trinajstić information content (AvgIpc) is 2.19. The first-order chi connectivity index (χ1) is 6.63. The molecule has 1 heterocycles. The molecule has 0 fully saturated rings. The third kappa shape index (κ3) is 2.55. The maximum Gasteiger partial charge on any atom is 0.265 e. The van der Waals surface area contributed by atoms with Gasteiger partial charge in [-0.15, -0.1) is 0 Å². The second-order valence-corrected chi connectivity index (χ2v) is 2.82. The van der Waals surface area contributed by atoms with Gasteiger partial charge in [0.25, 0.3) is 11.1 Å². The molecule has 1 aromatic heterocycles. The molecule has 0 radical (unpaired) electrons. The summed E-state index contributed by atoms with van der Waals surface area (Å²) in [4.78, 5) is 32.2. The van der Waals surface area contributed by atoms with Crippen molar-refractivity contribution in [2.45, 2.75) is 13.5 Å². The van der Waals surface area contributed by atoms with Crippen molar-refractivity contribution in [3.63, 3.8) is 0 Å². The molecule has 5 heteroatoms. The molecule has 0 aliphatic heterocycles. The van der Waals surface area contributed by atoms with Gasteiger partial charge in [-0.3, -0.25) is 19.5 Å². The second-order valence-electron chi connectivity index (χ2n) is 2.82. The smallest absolute Gasteiger partial charge is 0.265 e. The quantitative estimate of drug-likeness (QED) is 0.529. The molecule has 0 spiro atoms. The number of hydrogen-bond donors (Lipinski definition) is 1. The molecule has 0 aliphatic rings. The van der Waals surface area contributed by atoms with Crippen LogP contribution in [0.3, 0.4) is 0 Å². The van der Waals surface area contributed by atoms with Gasteiger partial charge in [-0.1, -0.05) is 6.08 Å². The fourth-order valence-electron chi connectivity index (χ4n) is 0.881. The van der Waals surface area contributed by atoms with Gasteiger partial charge in [0.2, 0.25) is 0 Å². The molecule has 1 N–H and O–H groups in total. The van der Waals surface area contributed by atoms with Gasteiger partial charge in [0.1, 0.15) is 6.29 Å². The van der Waals surface area contributed by atoms with Gasteiger partial charge in [0, 0.05) is 12.1 Å². The van der Waals surface area contributed by atoms with Crippen LogP contribution in [0.1, 0.15) is 6.92 Å². The largest absolute Gasteiger partial charge is 0.298 e. The first kappa shape index (κ1) is 10.2. The molecule has 74 valence electrons. The topological polar surface area (TPSA) is 71.9 Å². The van der Waals surface area contributed by atoms with Gasteiger partial charge in [-0.05, 0) is 12.5 Å². The van der Waals surface area contributed by atoms with Crippen LogP contribution >= 0.6 is 0 Å². The van der Waals surface area contributed by atoms with E-state index < -0.39 is 0 Å². The SMILES string of the molecule is C/C(C=O)=C\Cn1[nH]c(=O)ccc1=O. The number of carbonyl (C=O) groups is 1. The molecule has 0 aliphatic carbocycles. The molecule has 0 amide bonds. The zero-order valence-electron chi connectivity index (χ0n) is 7.69. The molecular formula is C9H10N2O3. The molecule has 0 bridgehead atoms. The predicted molar refractivity (Wildman–Crippen MR) is 51.1 cm³/mol. The van der Waals surface area contributed by atoms with Gasteiger partial charge >= 0.3 is 0 Å². The summed E-state index contributed by atoms with van der Waals surface area (Å²) in [5.41, 5.74) is -0.136. The number of aldehydes is 1. The third-order valence-corrected chi connectivity index (χ3v) is 1.67. The summed E-state index contributed by atoms with van der Waals surface area (Å²) >= 11 is 0. The van der Waals surface area contributed by atoms with Crippen LogP contribution in [-0.4, -0.2) is 16.1 Å². The fourth-order valence-corrected chi connectivity index (χ4v) is 0.881. The van der Waals surface area contributed by atoms with E-state index in [1.54, 1.807) is 13.0 Å². The average molecular weight is 194 g/mol. The van der Waals surface area contributed by atoms with Crippen LogP contribution in [-0.2, 0) is 11.3 Å². The molecular weight excluding hydrogens is 184 g/mol. The lowest BCUT2D eigenvalue weighted by Gasteiger charge is -1.99. The number of rotatable bonds is 3. The number of allylic oxidation sites excluding steroid dienone is 2. The van der Waals surface area contributed by atoms with Crippen molar-refractivity contribution in [3.05, 3.63) is 44.5 Å². The van der Waals surface area contributed by atoms with E-state index in [9.17, 15) is 14.4 Å². The molecule has 0 saturated heterocycles. The Morgan fingerprint density at radius 3 is 2.86 bits per heavy atom. The minimum absolute atomic E-state index is 0.194. The Hall–Kier alpha value is -1.91. The normalized spacial score (nSPS) is 11.4. The molecule has 1 rings (SSSR count). The van der Waals surface area contributed by atoms with Crippen LogP contribution in [0, 0.1) is 0 Å². The van der Waals surface area contributed by atoms with Crippen molar-refractivity contribution in [1.29, 1.82) is 0 Å². The number of hydrogen-bond acceptors (Lipinski definition) is 3. The van der Waals surface area contributed by atoms with E-state index in [0.29, 0.717) is 11.9 Å². The van der Waals surface area contributed by atoms with Crippen molar-refractivity contribution >= 4 is 6.29 Å². The Kier molecular flexibility index (Phi) is 3.17. The van der Waals surface area contributed by atoms with Crippen LogP contribution in [0.15, 0.2) is 33.4 Å². The molecule has 0 unspecified atom stereocenters. The third-order valence-electron chi connectivity index (χ3n) is 1.67. The lowest BCUT2D eigenvalue weighted by atomic mass is 10.3. The number of aromatic amines is 1. The van der Waals surface area contributed by atoms with E-state index in [-0.39, 0.29) is 17.7 Å². The predicted octanol–water partition coefficient (Wildman–Crippen LogP) is -0.318. The standard InChI is InChI=1S/C9H10N2O3/c1-7(6-12)4-5-11-9(14)3-2-8(13)10-11/h2-4,6H,5H2,1H3,(H,10,13)/b7-4+. The second kappa shape index (κ2) is 4.36. The zero-order chi connectivity index (χ0) is 10.6. The first-order valence-electron chi connectivity index (χ1n) is 4.05. The van der Waals surface area contributed by atoms with Crippen molar-refractivity contribution in [2.75, 3.05) is 0 Å². The summed E-state index contributed by atoms with van der Waals surface area (Å²) in [5, 5.41) is 2.34. The summed E-state index contributed by atoms with van der Waals surface area (Å²) < 4.78 is 1.13. The zero-order valence-corrected chi connectivity index (χ0v) is 7.69. The highest BCUT2D eigenvalue weighted by atomic mass is 16.1. The Labute approximate surface area is 79.7 Å². The number of carbonyl (C=O) groups excluding carboxylic acids is 1. The van der Waals surface area contributed by atoms with Crippen LogP contribution in [0.25, 0.3) is 0 Å². The lowest BCUT2D eigenvalue weighted by molar-refractivity contribution is -0.104. The van der Waals surface area contributed by atoms with Crippen molar-refractivity contribution in [2.24, 2.45) is 0 Å². The minimum atomic E-state index is -0.346. The maximum absolute atomic E-state index is 11.1. The van der Waals surface area contributed by atoms with Crippen molar-refractivity contribution in [3.8, 4) is 0 Å². The van der Waals surface area contributed by atoms with Crippen LogP contribution in [0.2, 0.25) is 0 Å². The summed E-state index contributed by atoms with van der Waals surface area (Å²) in [6.45, 7) is 1.82. The highest BCUT2D eigenvalue weighted by Crippen LogP contribution is 1.86. The van der Waals surface area contributed by atoms with Crippen LogP contribution in [0.4, 0.5) is 0 Å². The maximum atomic E-state index is 11.1. The number of nitrogens with zero attached hydrogens (tertiary/aromatic N) is 1. The van der Waals surface area contributed by atoms with Gasteiger partial charge in [0.15, 0.2) is 0 Å². The summed E-state index contributed by atoms with van der Waals surface area (Å²) in [6.07, 6.45) is 2.25. The number of H-pyrrole nitrogens is 1. The van der Waals surface area contributed by atoms with Crippen LogP contribution < -0.4 is 11.1 Å². The number of aromatic nitrogens is 2. The van der Waals surface area contributed by atoms with Gasteiger partial charge in [-0.25, -0.2) is 4.68 Å². The highest BCUT2D eigenvalue weighted by Gasteiger charge is 1.93. The van der Waals surface area contributed by atoms with E-state index >= 15 is 0 Å². The van der Waals surface area contributed by atoms with E-state index in [4.69, 9.17) is 0 Å². The molecule has 5 nitrogen and oxygen atoms in total. The summed E-state index contributed by atoms with van der Waals surface area (Å²) in [7, 11) is 0. The minimum Gasteiger partial charge on any atom is -0.298 e. The van der Waals surface area contributed by atoms with Gasteiger partial charge in [-0.2, -0.15) is 0 Å². The first-order valence-corrected chi connectivity index (χ1v) is 4.05. The van der Waals surface area contributed by atoms with Crippen LogP contribution in [0.5, 0.6) is 0 Å². The molecule has 0 atom stereocenters. The lowest BCUT2D eigenvalue weighted by Crippen LogP contribution is -2.27. The fraction of sp³-hybridized carbons (Fsp3) is 0.222. The summed E-state index contributed by atoms with van der Waals surface area (Å²) in [6, 6.07) is 2.35. The van der Waals surface area contributed by atoms with E-state index in [1.807, 2.05) is 0 Å². The molecule has 0 saturated carbocycles. The summed E-state index contributed by atoms with van der Waals surface area (Å²) in [5.74, 6) is 0. The van der Waals surface area contributed by atoms with Gasteiger partial charge < -0.3 is 0 Å². The monoisotopic (exact) mass is 194 g/mol. The van der Waals surface area contributed by atoms with Crippen molar-refractivity contribution < 1.29 is 4.79 Å². The Morgan fingerprint density at radius 1 is 1.50 bits per heavy atom. The van der Waals surface area contributed by atoms with E-state index in [0.717, 1.165) is 10.7 Å². The Bertz CT molecular complexity index is 467. The van der Waals surface area contributed by atoms with E-state index in [1.165, 1.54) is 6.07 Å².